The zero-order chi connectivity index (χ0) is 12.1. The van der Waals surface area contributed by atoms with E-state index in [9.17, 15) is 4.79 Å². The van der Waals surface area contributed by atoms with Gasteiger partial charge < -0.3 is 26.6 Å². The first-order valence-electron chi connectivity index (χ1n) is 3.21. The quantitative estimate of drug-likeness (QED) is 0.306. The third kappa shape index (κ3) is 390. The maximum atomic E-state index is 9.82. The number of rotatable bonds is 1. The van der Waals surface area contributed by atoms with E-state index in [0.717, 1.165) is 0 Å². The predicted octanol–water partition coefficient (Wildman–Crippen LogP) is -1.87. The fraction of sp³-hybridized carbons (Fsp3) is 0.500. The van der Waals surface area contributed by atoms with E-state index in [4.69, 9.17) is 30.0 Å². The summed E-state index contributed by atoms with van der Waals surface area (Å²) in [6.07, 6.45) is -3.67. The minimum Gasteiger partial charge on any atom is -1.00 e. The van der Waals surface area contributed by atoms with E-state index in [-0.39, 0.29) is 37.0 Å². The summed E-state index contributed by atoms with van der Waals surface area (Å²) in [5.74, 6) is -0.211. The van der Waals surface area contributed by atoms with E-state index < -0.39 is 12.3 Å². The molecule has 0 aliphatic rings. The van der Waals surface area contributed by atoms with Crippen LogP contribution in [-0.4, -0.2) is 45.3 Å². The van der Waals surface area contributed by atoms with Crippen LogP contribution in [0.15, 0.2) is 0 Å². The molecule has 0 radical (unpaired) electrons. The van der Waals surface area contributed by atoms with Gasteiger partial charge in [-0.05, 0) is 6.92 Å². The average Bonchev–Trinajstić information content (AvgIpc) is 1.82. The van der Waals surface area contributed by atoms with Gasteiger partial charge in [-0.2, -0.15) is 0 Å². The fourth-order valence-electron chi connectivity index (χ4n) is 0.203. The van der Waals surface area contributed by atoms with Crippen molar-refractivity contribution in [3.8, 4) is 0 Å². The minimum absolute atomic E-state index is 0. The van der Waals surface area contributed by atoms with Gasteiger partial charge in [-0.15, -0.1) is 0 Å². The molecule has 0 aliphatic heterocycles. The molecular weight excluding hydrogens is 223 g/mol. The van der Waals surface area contributed by atoms with Crippen LogP contribution >= 0.6 is 0 Å². The van der Waals surface area contributed by atoms with Crippen LogP contribution in [0.4, 0.5) is 9.59 Å². The predicted molar refractivity (Wildman–Crippen MR) is 44.7 cm³/mol. The van der Waals surface area contributed by atoms with E-state index >= 15 is 0 Å². The molecule has 0 amide bonds. The van der Waals surface area contributed by atoms with Gasteiger partial charge in [-0.25, -0.2) is 9.59 Å². The molecule has 15 heavy (non-hydrogen) atoms. The Bertz CT molecular complexity index is 165. The van der Waals surface area contributed by atoms with Gasteiger partial charge in [-0.3, -0.25) is 4.79 Å². The van der Waals surface area contributed by atoms with E-state index in [1.165, 1.54) is 6.92 Å². The van der Waals surface area contributed by atoms with E-state index in [2.05, 4.69) is 4.74 Å². The summed E-state index contributed by atoms with van der Waals surface area (Å²) in [7, 11) is 0. The second kappa shape index (κ2) is 18.7. The van der Waals surface area contributed by atoms with Gasteiger partial charge in [0.1, 0.15) is 0 Å². The van der Waals surface area contributed by atoms with Crippen molar-refractivity contribution in [3.05, 3.63) is 0 Å². The van der Waals surface area contributed by atoms with Crippen molar-refractivity contribution < 1.29 is 70.5 Å². The zero-order valence-corrected chi connectivity index (χ0v) is 10.6. The van der Waals surface area contributed by atoms with Gasteiger partial charge >= 0.3 is 47.8 Å². The maximum Gasteiger partial charge on any atom is 1.00 e. The molecule has 0 spiro atoms. The smallest absolute Gasteiger partial charge is 1.00 e. The average molecular weight is 236 g/mol. The van der Waals surface area contributed by atoms with E-state index in [0.29, 0.717) is 6.61 Å². The van der Waals surface area contributed by atoms with Crippen LogP contribution in [0.25, 0.3) is 0 Å². The molecule has 0 saturated heterocycles. The van der Waals surface area contributed by atoms with Crippen LogP contribution < -0.4 is 29.6 Å². The molecule has 0 aromatic carbocycles. The number of esters is 1. The number of carbonyl (C=O) groups excluding carboxylic acids is 1. The van der Waals surface area contributed by atoms with Crippen LogP contribution in [0.5, 0.6) is 0 Å². The Morgan fingerprint density at radius 1 is 1.07 bits per heavy atom. The molecule has 0 bridgehead atoms. The summed E-state index contributed by atoms with van der Waals surface area (Å²) in [5.41, 5.74) is 0. The molecule has 0 rings (SSSR count). The Kier molecular flexibility index (Phi) is 29.5. The summed E-state index contributed by atoms with van der Waals surface area (Å²) in [6, 6.07) is 0. The van der Waals surface area contributed by atoms with Gasteiger partial charge in [0.2, 0.25) is 0 Å². The number of carboxylic acid groups (broad SMARTS) is 4. The molecule has 0 fully saturated rings. The third-order valence-corrected chi connectivity index (χ3v) is 0.348. The van der Waals surface area contributed by atoms with Crippen LogP contribution in [0.3, 0.4) is 0 Å². The molecule has 0 atom stereocenters. The summed E-state index contributed by atoms with van der Waals surface area (Å²) < 4.78 is 4.40. The summed E-state index contributed by atoms with van der Waals surface area (Å²) >= 11 is 0. The largest absolute Gasteiger partial charge is 1.00 e. The van der Waals surface area contributed by atoms with Crippen molar-refractivity contribution in [2.45, 2.75) is 13.8 Å². The molecular formula is C6H13NaO8. The summed E-state index contributed by atoms with van der Waals surface area (Å²) in [5, 5.41) is 27.9. The van der Waals surface area contributed by atoms with Crippen LogP contribution in [-0.2, 0) is 9.53 Å². The minimum atomic E-state index is -1.83. The van der Waals surface area contributed by atoms with Gasteiger partial charge in [-0.1, -0.05) is 0 Å². The molecule has 0 aliphatic carbocycles. The molecule has 4 N–H and O–H groups in total. The number of carbonyl (C=O) groups is 3. The molecule has 86 valence electrons. The van der Waals surface area contributed by atoms with E-state index in [1.807, 2.05) is 0 Å². The van der Waals surface area contributed by atoms with E-state index in [1.54, 1.807) is 6.92 Å². The second-order valence-corrected chi connectivity index (χ2v) is 1.49. The van der Waals surface area contributed by atoms with Crippen molar-refractivity contribution in [1.29, 1.82) is 0 Å². The topological polar surface area (TPSA) is 141 Å². The molecule has 0 heterocycles. The van der Waals surface area contributed by atoms with Crippen LogP contribution in [0.1, 0.15) is 15.3 Å². The molecule has 0 unspecified atom stereocenters. The first kappa shape index (κ1) is 23.7. The van der Waals surface area contributed by atoms with Crippen molar-refractivity contribution in [1.82, 2.24) is 0 Å². The normalized spacial score (nSPS) is 6.27. The van der Waals surface area contributed by atoms with Gasteiger partial charge in [0.05, 0.1) is 6.61 Å². The van der Waals surface area contributed by atoms with Gasteiger partial charge in [0.25, 0.3) is 0 Å². The molecule has 8 nitrogen and oxygen atoms in total. The summed E-state index contributed by atoms with van der Waals surface area (Å²) in [4.78, 5) is 26.9. The Morgan fingerprint density at radius 2 is 1.27 bits per heavy atom. The standard InChI is InChI=1S/C4H8O2.2CH2O3.Na.H/c1-3-6-4(2)5;2*2-1(3)4;;/h3H2,1-2H3;2*(H2,2,3,4);;/q;;;+1;-1. The van der Waals surface area contributed by atoms with Gasteiger partial charge in [0, 0.05) is 6.92 Å². The maximum absolute atomic E-state index is 9.82. The Balaban J connectivity index is -0.0000000367. The van der Waals surface area contributed by atoms with Crippen molar-refractivity contribution in [2.24, 2.45) is 0 Å². The second-order valence-electron chi connectivity index (χ2n) is 1.49. The van der Waals surface area contributed by atoms with Crippen molar-refractivity contribution in [2.75, 3.05) is 6.61 Å². The Labute approximate surface area is 109 Å². The first-order valence-corrected chi connectivity index (χ1v) is 3.21. The molecule has 0 saturated carbocycles. The van der Waals surface area contributed by atoms with Crippen molar-refractivity contribution >= 4 is 18.3 Å². The van der Waals surface area contributed by atoms with Crippen molar-refractivity contribution in [3.63, 3.8) is 0 Å². The first-order chi connectivity index (χ1) is 6.23. The Morgan fingerprint density at radius 3 is 1.27 bits per heavy atom. The number of ether oxygens (including phenoxy) is 1. The van der Waals surface area contributed by atoms with Crippen LogP contribution in [0.2, 0.25) is 0 Å². The molecule has 0 aromatic rings. The fourth-order valence-corrected chi connectivity index (χ4v) is 0.203. The van der Waals surface area contributed by atoms with Crippen LogP contribution in [0, 0.1) is 0 Å². The molecule has 9 heteroatoms. The third-order valence-electron chi connectivity index (χ3n) is 0.348. The molecule has 0 aromatic heterocycles. The van der Waals surface area contributed by atoms with Gasteiger partial charge in [0.15, 0.2) is 0 Å². The Hall–Kier alpha value is -0.990. The SMILES string of the molecule is CCOC(C)=O.O=C(O)O.O=C(O)O.[H-].[Na+]. The zero-order valence-electron chi connectivity index (χ0n) is 9.63. The summed E-state index contributed by atoms with van der Waals surface area (Å²) in [6.45, 7) is 3.65. The number of hydrogen-bond donors (Lipinski definition) is 4. The number of hydrogen-bond acceptors (Lipinski definition) is 4. The monoisotopic (exact) mass is 236 g/mol.